The fraction of sp³-hybridized carbons (Fsp3) is 0.611. The van der Waals surface area contributed by atoms with Gasteiger partial charge in [-0.2, -0.15) is 0 Å². The molecule has 0 saturated carbocycles. The number of rotatable bonds is 7. The lowest BCUT2D eigenvalue weighted by Crippen LogP contribution is -2.38. The summed E-state index contributed by atoms with van der Waals surface area (Å²) in [6.45, 7) is 6.09. The molecular formula is C18H28N2O3S2. The molecule has 25 heavy (non-hydrogen) atoms. The molecule has 1 aliphatic heterocycles. The summed E-state index contributed by atoms with van der Waals surface area (Å²) in [6, 6.07) is 4.84. The minimum absolute atomic E-state index is 0.0677. The second-order valence-corrected chi connectivity index (χ2v) is 9.20. The number of likely N-dealkylation sites (tertiary alicyclic amines) is 1. The van der Waals surface area contributed by atoms with Crippen molar-refractivity contribution in [3.05, 3.63) is 23.8 Å². The number of hydrogen-bond acceptors (Lipinski definition) is 4. The highest BCUT2D eigenvalue weighted by atomic mass is 32.2. The van der Waals surface area contributed by atoms with Crippen LogP contribution >= 0.6 is 11.8 Å². The molecule has 0 atom stereocenters. The third-order valence-electron chi connectivity index (χ3n) is 4.60. The van der Waals surface area contributed by atoms with E-state index in [-0.39, 0.29) is 10.8 Å². The zero-order chi connectivity index (χ0) is 18.4. The summed E-state index contributed by atoms with van der Waals surface area (Å²) in [4.78, 5) is 15.7. The monoisotopic (exact) mass is 384 g/mol. The maximum Gasteiger partial charge on any atom is 0.255 e. The minimum atomic E-state index is -3.58. The van der Waals surface area contributed by atoms with Gasteiger partial charge in [-0.15, -0.1) is 11.8 Å². The maximum absolute atomic E-state index is 12.9. The molecule has 0 bridgehead atoms. The number of nitrogens with zero attached hydrogens (tertiary/aromatic N) is 1. The van der Waals surface area contributed by atoms with Crippen molar-refractivity contribution in [3.63, 3.8) is 0 Å². The van der Waals surface area contributed by atoms with Crippen LogP contribution in [0, 0.1) is 5.92 Å². The highest BCUT2D eigenvalue weighted by Gasteiger charge is 2.25. The Morgan fingerprint density at radius 2 is 2.00 bits per heavy atom. The molecule has 1 aromatic rings. The highest BCUT2D eigenvalue weighted by Crippen LogP contribution is 2.27. The van der Waals surface area contributed by atoms with E-state index in [4.69, 9.17) is 0 Å². The van der Waals surface area contributed by atoms with Crippen molar-refractivity contribution in [1.29, 1.82) is 0 Å². The second-order valence-electron chi connectivity index (χ2n) is 6.59. The Morgan fingerprint density at radius 3 is 2.60 bits per heavy atom. The Balaban J connectivity index is 2.26. The Hall–Kier alpha value is -1.05. The van der Waals surface area contributed by atoms with Crippen molar-refractivity contribution in [1.82, 2.24) is 9.62 Å². The zero-order valence-corrected chi connectivity index (χ0v) is 16.9. The lowest BCUT2D eigenvalue weighted by molar-refractivity contribution is 0.0693. The van der Waals surface area contributed by atoms with Crippen LogP contribution in [0.1, 0.15) is 49.9 Å². The molecule has 1 saturated heterocycles. The van der Waals surface area contributed by atoms with Gasteiger partial charge in [-0.3, -0.25) is 4.79 Å². The number of piperidine rings is 1. The summed E-state index contributed by atoms with van der Waals surface area (Å²) in [7, 11) is -3.58. The van der Waals surface area contributed by atoms with Crippen molar-refractivity contribution in [2.45, 2.75) is 49.3 Å². The van der Waals surface area contributed by atoms with E-state index in [1.807, 2.05) is 18.1 Å². The summed E-state index contributed by atoms with van der Waals surface area (Å²) in [5, 5.41) is 0. The van der Waals surface area contributed by atoms with E-state index < -0.39 is 10.0 Å². The number of hydrogen-bond donors (Lipinski definition) is 1. The van der Waals surface area contributed by atoms with Crippen LogP contribution in [-0.2, 0) is 10.0 Å². The van der Waals surface area contributed by atoms with Gasteiger partial charge in [-0.1, -0.05) is 20.3 Å². The Kier molecular flexibility index (Phi) is 7.34. The molecule has 1 N–H and O–H groups in total. The molecule has 0 unspecified atom stereocenters. The third-order valence-corrected chi connectivity index (χ3v) is 6.86. The molecule has 2 rings (SSSR count). The van der Waals surface area contributed by atoms with Crippen molar-refractivity contribution in [2.75, 3.05) is 25.9 Å². The molecular weight excluding hydrogens is 356 g/mol. The van der Waals surface area contributed by atoms with E-state index in [1.54, 1.807) is 12.1 Å². The number of amides is 1. The van der Waals surface area contributed by atoms with Gasteiger partial charge in [0, 0.05) is 24.5 Å². The number of carbonyl (C=O) groups is 1. The standard InChI is InChI=1S/C18H28N2O3S2/c1-4-5-10-19-25(22,23)15-6-7-17(24-3)16(13-15)18(21)20-11-8-14(2)9-12-20/h6-7,13-14,19H,4-5,8-12H2,1-3H3. The molecule has 1 fully saturated rings. The molecule has 5 nitrogen and oxygen atoms in total. The van der Waals surface area contributed by atoms with E-state index in [9.17, 15) is 13.2 Å². The first kappa shape index (κ1) is 20.3. The van der Waals surface area contributed by atoms with E-state index in [1.165, 1.54) is 17.8 Å². The summed E-state index contributed by atoms with van der Waals surface area (Å²) < 4.78 is 27.5. The van der Waals surface area contributed by atoms with Gasteiger partial charge in [0.1, 0.15) is 0 Å². The Bertz CT molecular complexity index is 696. The van der Waals surface area contributed by atoms with Crippen LogP contribution in [0.3, 0.4) is 0 Å². The van der Waals surface area contributed by atoms with E-state index >= 15 is 0 Å². The number of thioether (sulfide) groups is 1. The van der Waals surface area contributed by atoms with Gasteiger partial charge < -0.3 is 4.90 Å². The zero-order valence-electron chi connectivity index (χ0n) is 15.2. The van der Waals surface area contributed by atoms with Crippen LogP contribution < -0.4 is 4.72 Å². The van der Waals surface area contributed by atoms with Crippen molar-refractivity contribution in [3.8, 4) is 0 Å². The predicted molar refractivity (Wildman–Crippen MR) is 103 cm³/mol. The van der Waals surface area contributed by atoms with Gasteiger partial charge in [0.2, 0.25) is 10.0 Å². The van der Waals surface area contributed by atoms with Crippen LogP contribution in [-0.4, -0.2) is 45.1 Å². The largest absolute Gasteiger partial charge is 0.339 e. The van der Waals surface area contributed by atoms with E-state index in [2.05, 4.69) is 11.6 Å². The normalized spacial score (nSPS) is 16.2. The van der Waals surface area contributed by atoms with Gasteiger partial charge in [0.25, 0.3) is 5.91 Å². The first-order valence-corrected chi connectivity index (χ1v) is 11.6. The maximum atomic E-state index is 12.9. The van der Waals surface area contributed by atoms with Gasteiger partial charge >= 0.3 is 0 Å². The first-order valence-electron chi connectivity index (χ1n) is 8.86. The highest BCUT2D eigenvalue weighted by molar-refractivity contribution is 7.98. The number of carbonyl (C=O) groups excluding carboxylic acids is 1. The van der Waals surface area contributed by atoms with Crippen LogP contribution in [0.4, 0.5) is 0 Å². The van der Waals surface area contributed by atoms with Crippen molar-refractivity contribution < 1.29 is 13.2 Å². The van der Waals surface area contributed by atoms with Crippen LogP contribution in [0.2, 0.25) is 0 Å². The topological polar surface area (TPSA) is 66.5 Å². The molecule has 1 heterocycles. The summed E-state index contributed by atoms with van der Waals surface area (Å²) >= 11 is 1.47. The fourth-order valence-electron chi connectivity index (χ4n) is 2.87. The lowest BCUT2D eigenvalue weighted by atomic mass is 9.98. The van der Waals surface area contributed by atoms with Gasteiger partial charge in [0.15, 0.2) is 0 Å². The van der Waals surface area contributed by atoms with E-state index in [0.717, 1.165) is 43.7 Å². The van der Waals surface area contributed by atoms with Crippen LogP contribution in [0.5, 0.6) is 0 Å². The average molecular weight is 385 g/mol. The predicted octanol–water partition coefficient (Wildman–Crippen LogP) is 3.36. The molecule has 1 aliphatic rings. The number of benzene rings is 1. The van der Waals surface area contributed by atoms with Gasteiger partial charge in [-0.05, 0) is 49.6 Å². The van der Waals surface area contributed by atoms with E-state index in [0.29, 0.717) is 18.0 Å². The number of unbranched alkanes of at least 4 members (excludes halogenated alkanes) is 1. The SMILES string of the molecule is CCCCNS(=O)(=O)c1ccc(SC)c(C(=O)N2CCC(C)CC2)c1. The fourth-order valence-corrected chi connectivity index (χ4v) is 4.54. The molecule has 1 amide bonds. The Labute approximate surface area is 155 Å². The summed E-state index contributed by atoms with van der Waals surface area (Å²) in [6.07, 6.45) is 5.61. The summed E-state index contributed by atoms with van der Waals surface area (Å²) in [5.74, 6) is 0.570. The molecule has 0 aliphatic carbocycles. The number of nitrogens with one attached hydrogen (secondary N) is 1. The van der Waals surface area contributed by atoms with Gasteiger partial charge in [-0.25, -0.2) is 13.1 Å². The molecule has 7 heteroatoms. The number of sulfonamides is 1. The van der Waals surface area contributed by atoms with Crippen molar-refractivity contribution in [2.24, 2.45) is 5.92 Å². The quantitative estimate of drug-likeness (QED) is 0.578. The third kappa shape index (κ3) is 5.21. The molecule has 0 aromatic heterocycles. The lowest BCUT2D eigenvalue weighted by Gasteiger charge is -2.30. The van der Waals surface area contributed by atoms with Crippen molar-refractivity contribution >= 4 is 27.7 Å². The second kappa shape index (κ2) is 9.05. The molecule has 140 valence electrons. The summed E-state index contributed by atoms with van der Waals surface area (Å²) in [5.41, 5.74) is 0.486. The minimum Gasteiger partial charge on any atom is -0.339 e. The molecule has 1 aromatic carbocycles. The van der Waals surface area contributed by atoms with Crippen LogP contribution in [0.15, 0.2) is 28.0 Å². The molecule has 0 spiro atoms. The Morgan fingerprint density at radius 1 is 1.32 bits per heavy atom. The van der Waals surface area contributed by atoms with Gasteiger partial charge in [0.05, 0.1) is 10.5 Å². The smallest absolute Gasteiger partial charge is 0.255 e. The van der Waals surface area contributed by atoms with Crippen LogP contribution in [0.25, 0.3) is 0 Å². The average Bonchev–Trinajstić information content (AvgIpc) is 2.61. The molecule has 0 radical (unpaired) electrons. The first-order chi connectivity index (χ1) is 11.9.